The first-order valence-corrected chi connectivity index (χ1v) is 10.5. The van der Waals surface area contributed by atoms with E-state index in [1.54, 1.807) is 24.3 Å². The van der Waals surface area contributed by atoms with Gasteiger partial charge in [-0.3, -0.25) is 24.1 Å². The Kier molecular flexibility index (Phi) is 5.39. The Balaban J connectivity index is 1.35. The predicted molar refractivity (Wildman–Crippen MR) is 106 cm³/mol. The summed E-state index contributed by atoms with van der Waals surface area (Å²) in [4.78, 5) is 50.5. The summed E-state index contributed by atoms with van der Waals surface area (Å²) in [5.41, 5.74) is 0.690. The highest BCUT2D eigenvalue weighted by atomic mass is 16.2. The smallest absolute Gasteiger partial charge is 0.262 e. The largest absolute Gasteiger partial charge is 0.353 e. The average molecular weight is 397 g/mol. The highest BCUT2D eigenvalue weighted by Crippen LogP contribution is 2.37. The summed E-state index contributed by atoms with van der Waals surface area (Å²) in [6, 6.07) is 6.65. The number of nitrogens with zero attached hydrogens (tertiary/aromatic N) is 1. The zero-order chi connectivity index (χ0) is 20.5. The first kappa shape index (κ1) is 19.6. The second-order valence-corrected chi connectivity index (χ2v) is 8.41. The summed E-state index contributed by atoms with van der Waals surface area (Å²) in [7, 11) is 0. The summed E-state index contributed by atoms with van der Waals surface area (Å²) in [5.74, 6) is -0.193. The average Bonchev–Trinajstić information content (AvgIpc) is 2.93. The van der Waals surface area contributed by atoms with Gasteiger partial charge < -0.3 is 10.6 Å². The van der Waals surface area contributed by atoms with Gasteiger partial charge in [0.1, 0.15) is 6.54 Å². The lowest BCUT2D eigenvalue weighted by Crippen LogP contribution is -2.56. The summed E-state index contributed by atoms with van der Waals surface area (Å²) in [6.45, 7) is 1.87. The molecule has 1 aromatic carbocycles. The molecule has 0 radical (unpaired) electrons. The lowest BCUT2D eigenvalue weighted by Gasteiger charge is -2.44. The van der Waals surface area contributed by atoms with Gasteiger partial charge in [0.25, 0.3) is 11.8 Å². The number of benzene rings is 1. The second-order valence-electron chi connectivity index (χ2n) is 8.41. The van der Waals surface area contributed by atoms with Crippen LogP contribution in [0.25, 0.3) is 0 Å². The summed E-state index contributed by atoms with van der Waals surface area (Å²) >= 11 is 0. The number of carbonyl (C=O) groups is 4. The molecule has 4 unspecified atom stereocenters. The SMILES string of the molecule is CCCC1CC(=O)NC2CC(NC(=O)CN3C(=O)c4ccccc4C3=O)CCC12. The molecular weight excluding hydrogens is 370 g/mol. The van der Waals surface area contributed by atoms with Gasteiger partial charge in [-0.2, -0.15) is 0 Å². The monoisotopic (exact) mass is 397 g/mol. The first-order valence-electron chi connectivity index (χ1n) is 10.5. The van der Waals surface area contributed by atoms with Gasteiger partial charge in [-0.1, -0.05) is 25.5 Å². The van der Waals surface area contributed by atoms with E-state index in [2.05, 4.69) is 17.6 Å². The van der Waals surface area contributed by atoms with Crippen molar-refractivity contribution in [3.63, 3.8) is 0 Å². The zero-order valence-corrected chi connectivity index (χ0v) is 16.6. The summed E-state index contributed by atoms with van der Waals surface area (Å²) in [5, 5.41) is 6.07. The third-order valence-electron chi connectivity index (χ3n) is 6.51. The van der Waals surface area contributed by atoms with Crippen molar-refractivity contribution in [3.05, 3.63) is 35.4 Å². The minimum Gasteiger partial charge on any atom is -0.353 e. The summed E-state index contributed by atoms with van der Waals surface area (Å²) in [6.07, 6.45) is 5.25. The van der Waals surface area contributed by atoms with Crippen LogP contribution in [0.15, 0.2) is 24.3 Å². The fourth-order valence-electron chi connectivity index (χ4n) is 5.20. The van der Waals surface area contributed by atoms with Crippen molar-refractivity contribution in [2.75, 3.05) is 6.54 Å². The van der Waals surface area contributed by atoms with Crippen LogP contribution in [-0.4, -0.2) is 47.2 Å². The maximum absolute atomic E-state index is 12.6. The highest BCUT2D eigenvalue weighted by molar-refractivity contribution is 6.22. The number of nitrogens with one attached hydrogen (secondary N) is 2. The van der Waals surface area contributed by atoms with Crippen LogP contribution in [-0.2, 0) is 9.59 Å². The van der Waals surface area contributed by atoms with Gasteiger partial charge in [-0.15, -0.1) is 0 Å². The molecule has 2 fully saturated rings. The molecule has 4 amide bonds. The molecule has 3 aliphatic rings. The number of hydrogen-bond donors (Lipinski definition) is 2. The van der Waals surface area contributed by atoms with Gasteiger partial charge in [-0.25, -0.2) is 0 Å². The quantitative estimate of drug-likeness (QED) is 0.742. The van der Waals surface area contributed by atoms with Crippen molar-refractivity contribution in [2.45, 2.75) is 57.5 Å². The van der Waals surface area contributed by atoms with Crippen LogP contribution in [0, 0.1) is 11.8 Å². The first-order chi connectivity index (χ1) is 14.0. The normalized spacial score (nSPS) is 28.6. The third kappa shape index (κ3) is 3.78. The number of fused-ring (bicyclic) bond motifs is 2. The molecule has 1 saturated heterocycles. The molecule has 2 heterocycles. The van der Waals surface area contributed by atoms with Crippen LogP contribution in [0.2, 0.25) is 0 Å². The summed E-state index contributed by atoms with van der Waals surface area (Å²) < 4.78 is 0. The molecular formula is C22H27N3O4. The van der Waals surface area contributed by atoms with E-state index < -0.39 is 11.8 Å². The minimum absolute atomic E-state index is 0.0559. The molecule has 7 heteroatoms. The van der Waals surface area contributed by atoms with E-state index in [9.17, 15) is 19.2 Å². The van der Waals surface area contributed by atoms with E-state index >= 15 is 0 Å². The molecule has 29 heavy (non-hydrogen) atoms. The van der Waals surface area contributed by atoms with Crippen LogP contribution in [0.3, 0.4) is 0 Å². The maximum atomic E-state index is 12.6. The van der Waals surface area contributed by atoms with E-state index in [0.29, 0.717) is 35.8 Å². The van der Waals surface area contributed by atoms with Gasteiger partial charge in [0.05, 0.1) is 11.1 Å². The zero-order valence-electron chi connectivity index (χ0n) is 16.6. The van der Waals surface area contributed by atoms with Crippen LogP contribution in [0.5, 0.6) is 0 Å². The fraction of sp³-hybridized carbons (Fsp3) is 0.545. The number of rotatable bonds is 5. The van der Waals surface area contributed by atoms with Crippen LogP contribution in [0.4, 0.5) is 0 Å². The number of hydrogen-bond acceptors (Lipinski definition) is 4. The maximum Gasteiger partial charge on any atom is 0.262 e. The molecule has 2 aliphatic heterocycles. The van der Waals surface area contributed by atoms with Gasteiger partial charge in [-0.05, 0) is 49.7 Å². The molecule has 1 saturated carbocycles. The number of amides is 4. The van der Waals surface area contributed by atoms with Gasteiger partial charge in [0, 0.05) is 18.5 Å². The number of piperidine rings is 1. The van der Waals surface area contributed by atoms with Crippen LogP contribution < -0.4 is 10.6 Å². The van der Waals surface area contributed by atoms with Gasteiger partial charge in [0.15, 0.2) is 0 Å². The second kappa shape index (κ2) is 7.97. The Labute approximate surface area is 170 Å². The highest BCUT2D eigenvalue weighted by Gasteiger charge is 2.41. The Morgan fingerprint density at radius 2 is 1.83 bits per heavy atom. The third-order valence-corrected chi connectivity index (χ3v) is 6.51. The molecule has 1 aromatic rings. The van der Waals surface area contributed by atoms with Crippen LogP contribution >= 0.6 is 0 Å². The van der Waals surface area contributed by atoms with E-state index in [-0.39, 0.29) is 30.4 Å². The van der Waals surface area contributed by atoms with Crippen molar-refractivity contribution in [1.82, 2.24) is 15.5 Å². The molecule has 7 nitrogen and oxygen atoms in total. The Morgan fingerprint density at radius 1 is 1.14 bits per heavy atom. The topological polar surface area (TPSA) is 95.6 Å². The standard InChI is InChI=1S/C22H27N3O4/c1-2-5-13-10-19(26)24-18-11-14(8-9-15(13)18)23-20(27)12-25-21(28)16-6-3-4-7-17(16)22(25)29/h3-4,6-7,13-15,18H,2,5,8-12H2,1H3,(H,23,27)(H,24,26). The van der Waals surface area contributed by atoms with Crippen molar-refractivity contribution < 1.29 is 19.2 Å². The minimum atomic E-state index is -0.425. The predicted octanol–water partition coefficient (Wildman–Crippen LogP) is 1.87. The fourth-order valence-corrected chi connectivity index (χ4v) is 5.20. The van der Waals surface area contributed by atoms with Gasteiger partial charge >= 0.3 is 0 Å². The molecule has 4 atom stereocenters. The lowest BCUT2D eigenvalue weighted by atomic mass is 9.70. The molecule has 4 rings (SSSR count). The van der Waals surface area contributed by atoms with E-state index in [1.165, 1.54) is 0 Å². The van der Waals surface area contributed by atoms with E-state index in [4.69, 9.17) is 0 Å². The van der Waals surface area contributed by atoms with Crippen molar-refractivity contribution in [2.24, 2.45) is 11.8 Å². The molecule has 0 aromatic heterocycles. The number of carbonyl (C=O) groups excluding carboxylic acids is 4. The van der Waals surface area contributed by atoms with E-state index in [0.717, 1.165) is 30.6 Å². The Bertz CT molecular complexity index is 817. The number of imide groups is 1. The molecule has 2 N–H and O–H groups in total. The van der Waals surface area contributed by atoms with Crippen molar-refractivity contribution >= 4 is 23.6 Å². The van der Waals surface area contributed by atoms with Gasteiger partial charge in [0.2, 0.25) is 11.8 Å². The Morgan fingerprint density at radius 3 is 2.48 bits per heavy atom. The lowest BCUT2D eigenvalue weighted by molar-refractivity contribution is -0.127. The molecule has 1 aliphatic carbocycles. The molecule has 0 spiro atoms. The van der Waals surface area contributed by atoms with Crippen molar-refractivity contribution in [1.29, 1.82) is 0 Å². The Hall–Kier alpha value is -2.70. The van der Waals surface area contributed by atoms with Crippen molar-refractivity contribution in [3.8, 4) is 0 Å². The van der Waals surface area contributed by atoms with E-state index in [1.807, 2.05) is 0 Å². The molecule has 154 valence electrons. The van der Waals surface area contributed by atoms with Crippen LogP contribution in [0.1, 0.15) is 66.2 Å². The molecule has 0 bridgehead atoms.